The molecule has 1 heterocycles. The van der Waals surface area contributed by atoms with E-state index >= 15 is 0 Å². The van der Waals surface area contributed by atoms with Gasteiger partial charge in [-0.15, -0.1) is 11.3 Å². The van der Waals surface area contributed by atoms with E-state index in [9.17, 15) is 4.39 Å². The summed E-state index contributed by atoms with van der Waals surface area (Å²) < 4.78 is 13.0. The summed E-state index contributed by atoms with van der Waals surface area (Å²) in [7, 11) is 2.13. The molecule has 0 aliphatic carbocycles. The standard InChI is InChI=1S/C19H17BFS/c1-13-3-6-16(20-2)11-15(13)12-18-9-10-19(22-18)14-4-7-17(21)8-5-14/h3-11H,12H2,1-2H3. The molecule has 0 atom stereocenters. The molecule has 0 saturated carbocycles. The average molecular weight is 307 g/mol. The van der Waals surface area contributed by atoms with E-state index in [-0.39, 0.29) is 5.82 Å². The first-order valence-corrected chi connectivity index (χ1v) is 8.21. The van der Waals surface area contributed by atoms with Gasteiger partial charge in [0.2, 0.25) is 0 Å². The molecule has 22 heavy (non-hydrogen) atoms. The minimum Gasteiger partial charge on any atom is -0.207 e. The van der Waals surface area contributed by atoms with Gasteiger partial charge in [0.25, 0.3) is 0 Å². The van der Waals surface area contributed by atoms with Crippen LogP contribution in [0.1, 0.15) is 16.0 Å². The Morgan fingerprint density at radius 2 is 1.77 bits per heavy atom. The van der Waals surface area contributed by atoms with Crippen molar-refractivity contribution in [3.8, 4) is 10.4 Å². The fourth-order valence-corrected chi connectivity index (χ4v) is 3.53. The van der Waals surface area contributed by atoms with Crippen molar-refractivity contribution in [3.05, 3.63) is 76.4 Å². The zero-order valence-corrected chi connectivity index (χ0v) is 13.6. The van der Waals surface area contributed by atoms with Crippen LogP contribution in [-0.4, -0.2) is 7.28 Å². The third kappa shape index (κ3) is 3.31. The molecule has 109 valence electrons. The van der Waals surface area contributed by atoms with Crippen molar-refractivity contribution in [2.45, 2.75) is 20.2 Å². The number of thiophene rings is 1. The third-order valence-electron chi connectivity index (χ3n) is 3.86. The minimum atomic E-state index is -0.191. The number of hydrogen-bond donors (Lipinski definition) is 0. The third-order valence-corrected chi connectivity index (χ3v) is 5.00. The topological polar surface area (TPSA) is 0 Å². The first kappa shape index (κ1) is 15.0. The smallest absolute Gasteiger partial charge is 0.148 e. The van der Waals surface area contributed by atoms with E-state index < -0.39 is 0 Å². The zero-order valence-electron chi connectivity index (χ0n) is 12.8. The largest absolute Gasteiger partial charge is 0.207 e. The van der Waals surface area contributed by atoms with E-state index in [1.807, 2.05) is 12.1 Å². The summed E-state index contributed by atoms with van der Waals surface area (Å²) >= 11 is 1.78. The lowest BCUT2D eigenvalue weighted by Crippen LogP contribution is -2.11. The Hall–Kier alpha value is -1.87. The molecule has 0 unspecified atom stereocenters. The van der Waals surface area contributed by atoms with Crippen LogP contribution in [0.15, 0.2) is 54.6 Å². The number of hydrogen-bond acceptors (Lipinski definition) is 1. The molecule has 0 saturated heterocycles. The first-order valence-electron chi connectivity index (χ1n) is 7.39. The van der Waals surface area contributed by atoms with Crippen molar-refractivity contribution in [1.82, 2.24) is 0 Å². The van der Waals surface area contributed by atoms with E-state index in [0.29, 0.717) is 0 Å². The Labute approximate surface area is 135 Å². The van der Waals surface area contributed by atoms with Gasteiger partial charge in [0.05, 0.1) is 0 Å². The maximum atomic E-state index is 13.0. The molecule has 0 nitrogen and oxygen atoms in total. The number of rotatable bonds is 4. The fraction of sp³-hybridized carbons (Fsp3) is 0.158. The summed E-state index contributed by atoms with van der Waals surface area (Å²) in [4.78, 5) is 2.52. The summed E-state index contributed by atoms with van der Waals surface area (Å²) in [6.07, 6.45) is 0.944. The molecule has 0 aliphatic heterocycles. The maximum absolute atomic E-state index is 13.0. The van der Waals surface area contributed by atoms with Crippen molar-refractivity contribution in [2.75, 3.05) is 0 Å². The molecule has 0 fully saturated rings. The lowest BCUT2D eigenvalue weighted by Gasteiger charge is -2.06. The van der Waals surface area contributed by atoms with Gasteiger partial charge in [0.15, 0.2) is 0 Å². The zero-order chi connectivity index (χ0) is 15.5. The monoisotopic (exact) mass is 307 g/mol. The second-order valence-corrected chi connectivity index (χ2v) is 6.59. The normalized spacial score (nSPS) is 10.7. The van der Waals surface area contributed by atoms with E-state index in [1.54, 1.807) is 11.3 Å². The van der Waals surface area contributed by atoms with E-state index in [4.69, 9.17) is 0 Å². The van der Waals surface area contributed by atoms with Gasteiger partial charge in [0.1, 0.15) is 13.1 Å². The highest BCUT2D eigenvalue weighted by Crippen LogP contribution is 2.29. The molecule has 0 spiro atoms. The second kappa shape index (κ2) is 6.49. The van der Waals surface area contributed by atoms with Gasteiger partial charge in [-0.3, -0.25) is 0 Å². The quantitative estimate of drug-likeness (QED) is 0.606. The number of aryl methyl sites for hydroxylation is 1. The molecule has 0 bridgehead atoms. The van der Waals surface area contributed by atoms with E-state index in [2.05, 4.69) is 51.4 Å². The highest BCUT2D eigenvalue weighted by Gasteiger charge is 2.06. The summed E-state index contributed by atoms with van der Waals surface area (Å²) in [5.41, 5.74) is 5.02. The molecular formula is C19H17BFS. The number of halogens is 1. The van der Waals surface area contributed by atoms with Crippen LogP contribution in [0.4, 0.5) is 4.39 Å². The van der Waals surface area contributed by atoms with Crippen LogP contribution >= 0.6 is 11.3 Å². The SMILES string of the molecule is C[B]c1ccc(C)c(Cc2ccc(-c3ccc(F)cc3)s2)c1. The van der Waals surface area contributed by atoms with Crippen LogP contribution in [0.25, 0.3) is 10.4 Å². The summed E-state index contributed by atoms with van der Waals surface area (Å²) in [5, 5.41) is 0. The van der Waals surface area contributed by atoms with Crippen LogP contribution in [-0.2, 0) is 6.42 Å². The Balaban J connectivity index is 1.84. The van der Waals surface area contributed by atoms with Gasteiger partial charge in [-0.1, -0.05) is 42.6 Å². The maximum Gasteiger partial charge on any atom is 0.148 e. The summed E-state index contributed by atoms with van der Waals surface area (Å²) in [6.45, 7) is 4.22. The van der Waals surface area contributed by atoms with E-state index in [1.165, 1.54) is 38.5 Å². The van der Waals surface area contributed by atoms with Gasteiger partial charge in [0, 0.05) is 16.2 Å². The lowest BCUT2D eigenvalue weighted by molar-refractivity contribution is 0.628. The summed E-state index contributed by atoms with van der Waals surface area (Å²) in [6, 6.07) is 17.6. The predicted octanol–water partition coefficient (Wildman–Crippen LogP) is 4.83. The molecule has 3 heteroatoms. The van der Waals surface area contributed by atoms with Crippen molar-refractivity contribution >= 4 is 24.1 Å². The van der Waals surface area contributed by atoms with Crippen LogP contribution in [0.3, 0.4) is 0 Å². The van der Waals surface area contributed by atoms with Gasteiger partial charge < -0.3 is 0 Å². The highest BCUT2D eigenvalue weighted by molar-refractivity contribution is 7.15. The van der Waals surface area contributed by atoms with Crippen LogP contribution in [0, 0.1) is 12.7 Å². The molecular weight excluding hydrogens is 290 g/mol. The van der Waals surface area contributed by atoms with Crippen molar-refractivity contribution in [1.29, 1.82) is 0 Å². The van der Waals surface area contributed by atoms with Crippen molar-refractivity contribution in [3.63, 3.8) is 0 Å². The molecule has 3 rings (SSSR count). The van der Waals surface area contributed by atoms with Gasteiger partial charge in [-0.25, -0.2) is 4.39 Å². The lowest BCUT2D eigenvalue weighted by atomic mass is 9.72. The van der Waals surface area contributed by atoms with Gasteiger partial charge >= 0.3 is 0 Å². The Kier molecular flexibility index (Phi) is 4.44. The van der Waals surface area contributed by atoms with Crippen LogP contribution < -0.4 is 5.46 Å². The Morgan fingerprint density at radius 1 is 1.00 bits per heavy atom. The number of benzene rings is 2. The van der Waals surface area contributed by atoms with E-state index in [0.717, 1.165) is 12.0 Å². The molecule has 0 aliphatic rings. The van der Waals surface area contributed by atoms with Gasteiger partial charge in [-0.2, -0.15) is 0 Å². The Morgan fingerprint density at radius 3 is 2.50 bits per heavy atom. The minimum absolute atomic E-state index is 0.191. The molecule has 0 N–H and O–H groups in total. The van der Waals surface area contributed by atoms with Crippen molar-refractivity contribution < 1.29 is 4.39 Å². The molecule has 1 aromatic heterocycles. The van der Waals surface area contributed by atoms with Crippen LogP contribution in [0.2, 0.25) is 6.82 Å². The molecule has 0 amide bonds. The second-order valence-electron chi connectivity index (χ2n) is 5.42. The van der Waals surface area contributed by atoms with Crippen molar-refractivity contribution in [2.24, 2.45) is 0 Å². The fourth-order valence-electron chi connectivity index (χ4n) is 2.49. The van der Waals surface area contributed by atoms with Gasteiger partial charge in [-0.05, 0) is 47.9 Å². The first-order chi connectivity index (χ1) is 10.7. The predicted molar refractivity (Wildman–Crippen MR) is 95.0 cm³/mol. The molecule has 2 aromatic carbocycles. The molecule has 3 aromatic rings. The molecule has 1 radical (unpaired) electrons. The average Bonchev–Trinajstić information content (AvgIpc) is 2.99. The Bertz CT molecular complexity index is 774. The highest BCUT2D eigenvalue weighted by atomic mass is 32.1. The summed E-state index contributed by atoms with van der Waals surface area (Å²) in [5.74, 6) is -0.191. The van der Waals surface area contributed by atoms with Crippen LogP contribution in [0.5, 0.6) is 0 Å².